The smallest absolute Gasteiger partial charge is 0.0802 e. The zero-order chi connectivity index (χ0) is 12.4. The van der Waals surface area contributed by atoms with Gasteiger partial charge < -0.3 is 10.1 Å². The molecule has 2 fully saturated rings. The molecule has 0 amide bonds. The van der Waals surface area contributed by atoms with Gasteiger partial charge >= 0.3 is 0 Å². The van der Waals surface area contributed by atoms with Crippen molar-refractivity contribution < 1.29 is 4.74 Å². The summed E-state index contributed by atoms with van der Waals surface area (Å²) in [5.74, 6) is 0. The molecule has 0 saturated heterocycles. The fourth-order valence-electron chi connectivity index (χ4n) is 3.22. The minimum absolute atomic E-state index is 0.182. The summed E-state index contributed by atoms with van der Waals surface area (Å²) in [6.07, 6.45) is 10.7. The van der Waals surface area contributed by atoms with E-state index in [1.807, 2.05) is 7.11 Å². The van der Waals surface area contributed by atoms with Gasteiger partial charge in [-0.1, -0.05) is 20.3 Å². The van der Waals surface area contributed by atoms with E-state index in [1.165, 1.54) is 51.4 Å². The van der Waals surface area contributed by atoms with E-state index in [0.717, 1.165) is 12.6 Å². The molecule has 0 heterocycles. The highest BCUT2D eigenvalue weighted by atomic mass is 16.5. The van der Waals surface area contributed by atoms with Crippen LogP contribution in [0.25, 0.3) is 0 Å². The Morgan fingerprint density at radius 3 is 2.41 bits per heavy atom. The van der Waals surface area contributed by atoms with Gasteiger partial charge in [0.05, 0.1) is 5.60 Å². The van der Waals surface area contributed by atoms with Gasteiger partial charge in [-0.2, -0.15) is 0 Å². The lowest BCUT2D eigenvalue weighted by atomic mass is 9.79. The predicted octanol–water partition coefficient (Wildman–Crippen LogP) is 3.50. The Balaban J connectivity index is 1.76. The molecule has 1 N–H and O–H groups in total. The number of methoxy groups -OCH3 is 1. The van der Waals surface area contributed by atoms with Gasteiger partial charge in [0, 0.05) is 19.7 Å². The van der Waals surface area contributed by atoms with Crippen molar-refractivity contribution in [2.75, 3.05) is 13.7 Å². The molecule has 2 aliphatic rings. The van der Waals surface area contributed by atoms with Crippen molar-refractivity contribution in [3.63, 3.8) is 0 Å². The molecule has 0 bridgehead atoms. The second kappa shape index (κ2) is 5.27. The van der Waals surface area contributed by atoms with Crippen molar-refractivity contribution >= 4 is 0 Å². The molecule has 2 nitrogen and oxygen atoms in total. The molecule has 2 saturated carbocycles. The number of hydrogen-bond acceptors (Lipinski definition) is 2. The van der Waals surface area contributed by atoms with Gasteiger partial charge in [-0.15, -0.1) is 0 Å². The fraction of sp³-hybridized carbons (Fsp3) is 1.00. The Morgan fingerprint density at radius 2 is 1.82 bits per heavy atom. The first-order valence-corrected chi connectivity index (χ1v) is 7.34. The summed E-state index contributed by atoms with van der Waals surface area (Å²) in [5.41, 5.74) is 0.744. The van der Waals surface area contributed by atoms with E-state index in [-0.39, 0.29) is 5.60 Å². The van der Waals surface area contributed by atoms with Crippen LogP contribution in [-0.4, -0.2) is 25.3 Å². The van der Waals surface area contributed by atoms with E-state index >= 15 is 0 Å². The van der Waals surface area contributed by atoms with Crippen LogP contribution in [0.5, 0.6) is 0 Å². The van der Waals surface area contributed by atoms with Crippen molar-refractivity contribution in [2.24, 2.45) is 5.41 Å². The number of hydrogen-bond donors (Lipinski definition) is 1. The van der Waals surface area contributed by atoms with Gasteiger partial charge in [-0.25, -0.2) is 0 Å². The van der Waals surface area contributed by atoms with Gasteiger partial charge in [0.15, 0.2) is 0 Å². The number of rotatable bonds is 4. The molecule has 2 aliphatic carbocycles. The van der Waals surface area contributed by atoms with Crippen LogP contribution in [0.3, 0.4) is 0 Å². The molecule has 100 valence electrons. The first kappa shape index (κ1) is 13.4. The van der Waals surface area contributed by atoms with Crippen LogP contribution in [0.15, 0.2) is 0 Å². The minimum Gasteiger partial charge on any atom is -0.377 e. The Labute approximate surface area is 107 Å². The lowest BCUT2D eigenvalue weighted by Gasteiger charge is -2.41. The molecule has 0 aromatic rings. The van der Waals surface area contributed by atoms with Crippen molar-refractivity contribution in [3.05, 3.63) is 0 Å². The van der Waals surface area contributed by atoms with Crippen LogP contribution in [-0.2, 0) is 4.74 Å². The van der Waals surface area contributed by atoms with Crippen molar-refractivity contribution in [1.29, 1.82) is 0 Å². The summed E-state index contributed by atoms with van der Waals surface area (Å²) < 4.78 is 5.67. The maximum absolute atomic E-state index is 5.67. The molecule has 1 unspecified atom stereocenters. The maximum atomic E-state index is 5.67. The van der Waals surface area contributed by atoms with E-state index < -0.39 is 0 Å². The summed E-state index contributed by atoms with van der Waals surface area (Å²) in [6, 6.07) is 0.726. The lowest BCUT2D eigenvalue weighted by Crippen LogP contribution is -2.50. The molecule has 0 aromatic heterocycles. The average Bonchev–Trinajstić information content (AvgIpc) is 2.39. The lowest BCUT2D eigenvalue weighted by molar-refractivity contribution is -0.0710. The van der Waals surface area contributed by atoms with Crippen molar-refractivity contribution in [1.82, 2.24) is 5.32 Å². The molecular formula is C15H29NO. The Hall–Kier alpha value is -0.0800. The minimum atomic E-state index is 0.182. The standard InChI is InChI=1S/C15H29NO/c1-14(2)8-4-6-13(7-11-14)16-12-15(17-3)9-5-10-15/h13,16H,4-12H2,1-3H3. The molecule has 0 radical (unpaired) electrons. The SMILES string of the molecule is COC1(CNC2CCCC(C)(C)CC2)CCC1. The Kier molecular flexibility index (Phi) is 4.14. The van der Waals surface area contributed by atoms with E-state index in [9.17, 15) is 0 Å². The Morgan fingerprint density at radius 1 is 1.06 bits per heavy atom. The van der Waals surface area contributed by atoms with E-state index in [0.29, 0.717) is 5.41 Å². The predicted molar refractivity (Wildman–Crippen MR) is 72.2 cm³/mol. The highest BCUT2D eigenvalue weighted by Crippen LogP contribution is 2.36. The van der Waals surface area contributed by atoms with Crippen molar-refractivity contribution in [2.45, 2.75) is 76.9 Å². The molecule has 0 spiro atoms. The molecule has 0 aromatic carbocycles. The third-order valence-corrected chi connectivity index (χ3v) is 4.99. The fourth-order valence-corrected chi connectivity index (χ4v) is 3.22. The van der Waals surface area contributed by atoms with Crippen LogP contribution in [0, 0.1) is 5.41 Å². The normalized spacial score (nSPS) is 31.6. The summed E-state index contributed by atoms with van der Waals surface area (Å²) in [6.45, 7) is 5.89. The first-order valence-electron chi connectivity index (χ1n) is 7.34. The quantitative estimate of drug-likeness (QED) is 0.758. The topological polar surface area (TPSA) is 21.3 Å². The second-order valence-electron chi connectivity index (χ2n) is 6.91. The second-order valence-corrected chi connectivity index (χ2v) is 6.91. The number of nitrogens with one attached hydrogen (secondary N) is 1. The van der Waals surface area contributed by atoms with Gasteiger partial charge in [-0.3, -0.25) is 0 Å². The number of ether oxygens (including phenoxy) is 1. The largest absolute Gasteiger partial charge is 0.377 e. The van der Waals surface area contributed by atoms with Gasteiger partial charge in [0.1, 0.15) is 0 Å². The highest BCUT2D eigenvalue weighted by molar-refractivity contribution is 4.92. The van der Waals surface area contributed by atoms with Crippen molar-refractivity contribution in [3.8, 4) is 0 Å². The van der Waals surface area contributed by atoms with E-state index in [1.54, 1.807) is 0 Å². The van der Waals surface area contributed by atoms with Crippen LogP contribution in [0.1, 0.15) is 65.2 Å². The van der Waals surface area contributed by atoms with Crippen LogP contribution < -0.4 is 5.32 Å². The van der Waals surface area contributed by atoms with Crippen LogP contribution >= 0.6 is 0 Å². The molecule has 0 aliphatic heterocycles. The van der Waals surface area contributed by atoms with Crippen LogP contribution in [0.4, 0.5) is 0 Å². The average molecular weight is 239 g/mol. The zero-order valence-electron chi connectivity index (χ0n) is 11.8. The molecule has 2 rings (SSSR count). The van der Waals surface area contributed by atoms with Gasteiger partial charge in [-0.05, 0) is 50.4 Å². The third kappa shape index (κ3) is 3.45. The van der Waals surface area contributed by atoms with Gasteiger partial charge in [0.2, 0.25) is 0 Å². The zero-order valence-corrected chi connectivity index (χ0v) is 11.8. The summed E-state index contributed by atoms with van der Waals surface area (Å²) in [5, 5.41) is 3.77. The van der Waals surface area contributed by atoms with Crippen LogP contribution in [0.2, 0.25) is 0 Å². The third-order valence-electron chi connectivity index (χ3n) is 4.99. The molecule has 17 heavy (non-hydrogen) atoms. The van der Waals surface area contributed by atoms with E-state index in [4.69, 9.17) is 4.74 Å². The first-order chi connectivity index (χ1) is 8.05. The molecular weight excluding hydrogens is 210 g/mol. The van der Waals surface area contributed by atoms with E-state index in [2.05, 4.69) is 19.2 Å². The maximum Gasteiger partial charge on any atom is 0.0802 e. The highest BCUT2D eigenvalue weighted by Gasteiger charge is 2.37. The molecule has 2 heteroatoms. The molecule has 1 atom stereocenters. The van der Waals surface area contributed by atoms with Gasteiger partial charge in [0.25, 0.3) is 0 Å². The summed E-state index contributed by atoms with van der Waals surface area (Å²) >= 11 is 0. The summed E-state index contributed by atoms with van der Waals surface area (Å²) in [4.78, 5) is 0. The summed E-state index contributed by atoms with van der Waals surface area (Å²) in [7, 11) is 1.87. The monoisotopic (exact) mass is 239 g/mol. The Bertz CT molecular complexity index is 240.